The van der Waals surface area contributed by atoms with E-state index in [-0.39, 0.29) is 17.1 Å². The summed E-state index contributed by atoms with van der Waals surface area (Å²) in [5, 5.41) is 12.0. The van der Waals surface area contributed by atoms with Crippen molar-refractivity contribution in [3.05, 3.63) is 99.6 Å². The first-order valence-electron chi connectivity index (χ1n) is 9.20. The maximum Gasteiger partial charge on any atom is 0.265 e. The van der Waals surface area contributed by atoms with Crippen molar-refractivity contribution < 1.29 is 9.50 Å². The van der Waals surface area contributed by atoms with Gasteiger partial charge in [-0.15, -0.1) is 0 Å². The summed E-state index contributed by atoms with van der Waals surface area (Å²) in [7, 11) is 0. The van der Waals surface area contributed by atoms with Gasteiger partial charge in [0.2, 0.25) is 5.88 Å². The number of fused-ring (bicyclic) bond motifs is 1. The number of hydrogen-bond acceptors (Lipinski definition) is 3. The van der Waals surface area contributed by atoms with Crippen LogP contribution < -0.4 is 5.56 Å². The molecule has 144 valence electrons. The average Bonchev–Trinajstić information content (AvgIpc) is 2.71. The molecule has 0 aliphatic rings. The van der Waals surface area contributed by atoms with Gasteiger partial charge in [-0.3, -0.25) is 9.79 Å². The van der Waals surface area contributed by atoms with E-state index in [0.29, 0.717) is 22.0 Å². The summed E-state index contributed by atoms with van der Waals surface area (Å²) in [5.74, 6) is -0.698. The number of pyridine rings is 1. The lowest BCUT2D eigenvalue weighted by Crippen LogP contribution is -2.21. The van der Waals surface area contributed by atoms with Crippen LogP contribution in [0.1, 0.15) is 16.7 Å². The van der Waals surface area contributed by atoms with Crippen LogP contribution in [-0.2, 0) is 0 Å². The van der Waals surface area contributed by atoms with Crippen LogP contribution in [-0.4, -0.2) is 15.9 Å². The van der Waals surface area contributed by atoms with E-state index in [1.54, 1.807) is 48.5 Å². The van der Waals surface area contributed by atoms with Crippen molar-refractivity contribution in [3.63, 3.8) is 0 Å². The molecule has 29 heavy (non-hydrogen) atoms. The van der Waals surface area contributed by atoms with Gasteiger partial charge in [-0.1, -0.05) is 48.0 Å². The summed E-state index contributed by atoms with van der Waals surface area (Å²) in [5.41, 5.74) is 2.68. The molecule has 0 radical (unpaired) electrons. The molecular formula is C24H19FN2O2. The molecule has 4 nitrogen and oxygen atoms in total. The number of para-hydroxylation sites is 1. The van der Waals surface area contributed by atoms with Gasteiger partial charge in [0.05, 0.1) is 16.9 Å². The lowest BCUT2D eigenvalue weighted by molar-refractivity contribution is 0.436. The molecular weight excluding hydrogens is 367 g/mol. The topological polar surface area (TPSA) is 54.6 Å². The first kappa shape index (κ1) is 18.6. The van der Waals surface area contributed by atoms with Crippen LogP contribution in [0, 0.1) is 19.7 Å². The molecule has 1 aromatic heterocycles. The monoisotopic (exact) mass is 386 g/mol. The number of rotatable bonds is 3. The molecule has 0 spiro atoms. The third-order valence-electron chi connectivity index (χ3n) is 4.88. The van der Waals surface area contributed by atoms with Crippen LogP contribution >= 0.6 is 0 Å². The highest BCUT2D eigenvalue weighted by Gasteiger charge is 2.17. The molecule has 4 aromatic rings. The summed E-state index contributed by atoms with van der Waals surface area (Å²) in [6.07, 6.45) is 1.40. The summed E-state index contributed by atoms with van der Waals surface area (Å²) in [4.78, 5) is 17.4. The minimum Gasteiger partial charge on any atom is -0.494 e. The van der Waals surface area contributed by atoms with Gasteiger partial charge >= 0.3 is 0 Å². The Morgan fingerprint density at radius 2 is 1.66 bits per heavy atom. The van der Waals surface area contributed by atoms with Crippen molar-refractivity contribution in [2.75, 3.05) is 0 Å². The van der Waals surface area contributed by atoms with Gasteiger partial charge in [0.15, 0.2) is 0 Å². The van der Waals surface area contributed by atoms with E-state index < -0.39 is 5.82 Å². The predicted octanol–water partition coefficient (Wildman–Crippen LogP) is 5.20. The summed E-state index contributed by atoms with van der Waals surface area (Å²) in [6, 6.07) is 18.8. The predicted molar refractivity (Wildman–Crippen MR) is 114 cm³/mol. The zero-order valence-electron chi connectivity index (χ0n) is 16.1. The molecule has 0 atom stereocenters. The second-order valence-electron chi connectivity index (χ2n) is 6.92. The Kier molecular flexibility index (Phi) is 4.72. The standard InChI is InChI=1S/C24H19FN2O2/c1-15-11-12-22(16(2)13-15)27-23(28)18-8-4-3-7-17(18)19(24(27)29)14-26-21-10-6-5-9-20(21)25/h3-14,29H,1-2H3. The van der Waals surface area contributed by atoms with E-state index in [1.165, 1.54) is 16.8 Å². The molecule has 1 heterocycles. The normalized spacial score (nSPS) is 11.4. The zero-order valence-corrected chi connectivity index (χ0v) is 16.1. The second-order valence-corrected chi connectivity index (χ2v) is 6.92. The van der Waals surface area contributed by atoms with Crippen molar-refractivity contribution in [2.24, 2.45) is 4.99 Å². The Balaban J connectivity index is 2.02. The molecule has 0 bridgehead atoms. The molecule has 0 aliphatic carbocycles. The fourth-order valence-corrected chi connectivity index (χ4v) is 3.46. The molecule has 0 amide bonds. The SMILES string of the molecule is Cc1ccc(-n2c(O)c(C=Nc3ccccc3F)c3ccccc3c2=O)c(C)c1. The van der Waals surface area contributed by atoms with Gasteiger partial charge in [0.1, 0.15) is 5.82 Å². The van der Waals surface area contributed by atoms with Gasteiger partial charge in [-0.05, 0) is 43.7 Å². The Labute approximate surface area is 167 Å². The van der Waals surface area contributed by atoms with Crippen molar-refractivity contribution in [3.8, 4) is 11.6 Å². The van der Waals surface area contributed by atoms with Crippen LogP contribution in [0.15, 0.2) is 76.5 Å². The van der Waals surface area contributed by atoms with Gasteiger partial charge in [0.25, 0.3) is 5.56 Å². The highest BCUT2D eigenvalue weighted by Crippen LogP contribution is 2.28. The molecule has 1 N–H and O–H groups in total. The number of aryl methyl sites for hydroxylation is 2. The number of aromatic nitrogens is 1. The average molecular weight is 386 g/mol. The smallest absolute Gasteiger partial charge is 0.265 e. The number of benzene rings is 3. The summed E-state index contributed by atoms with van der Waals surface area (Å²) in [6.45, 7) is 3.85. The zero-order chi connectivity index (χ0) is 20.5. The number of aliphatic imine (C=N–C) groups is 1. The quantitative estimate of drug-likeness (QED) is 0.492. The minimum absolute atomic E-state index is 0.153. The maximum atomic E-state index is 14.0. The van der Waals surface area contributed by atoms with Crippen LogP contribution in [0.5, 0.6) is 5.88 Å². The first-order valence-corrected chi connectivity index (χ1v) is 9.20. The van der Waals surface area contributed by atoms with Crippen LogP contribution in [0.25, 0.3) is 16.5 Å². The maximum absolute atomic E-state index is 14.0. The van der Waals surface area contributed by atoms with E-state index in [0.717, 1.165) is 11.1 Å². The van der Waals surface area contributed by atoms with Gasteiger partial charge < -0.3 is 5.11 Å². The van der Waals surface area contributed by atoms with Crippen LogP contribution in [0.4, 0.5) is 10.1 Å². The fourth-order valence-electron chi connectivity index (χ4n) is 3.46. The molecule has 0 aliphatic heterocycles. The van der Waals surface area contributed by atoms with Crippen molar-refractivity contribution in [1.29, 1.82) is 0 Å². The molecule has 0 fully saturated rings. The summed E-state index contributed by atoms with van der Waals surface area (Å²) >= 11 is 0. The van der Waals surface area contributed by atoms with Crippen molar-refractivity contribution >= 4 is 22.7 Å². The number of halogens is 1. The van der Waals surface area contributed by atoms with E-state index in [4.69, 9.17) is 0 Å². The Morgan fingerprint density at radius 3 is 2.38 bits per heavy atom. The lowest BCUT2D eigenvalue weighted by atomic mass is 10.1. The largest absolute Gasteiger partial charge is 0.494 e. The number of nitrogens with zero attached hydrogens (tertiary/aromatic N) is 2. The molecule has 0 unspecified atom stereocenters. The van der Waals surface area contributed by atoms with Crippen LogP contribution in [0.3, 0.4) is 0 Å². The van der Waals surface area contributed by atoms with Gasteiger partial charge in [-0.25, -0.2) is 8.96 Å². The molecule has 5 heteroatoms. The van der Waals surface area contributed by atoms with Crippen LogP contribution in [0.2, 0.25) is 0 Å². The van der Waals surface area contributed by atoms with E-state index in [2.05, 4.69) is 4.99 Å². The van der Waals surface area contributed by atoms with Gasteiger partial charge in [-0.2, -0.15) is 0 Å². The fraction of sp³-hybridized carbons (Fsp3) is 0.0833. The molecule has 0 saturated carbocycles. The Hall–Kier alpha value is -3.73. The van der Waals surface area contributed by atoms with E-state index in [1.807, 2.05) is 26.0 Å². The van der Waals surface area contributed by atoms with Gasteiger partial charge in [0, 0.05) is 17.0 Å². The second kappa shape index (κ2) is 7.36. The molecule has 0 saturated heterocycles. The third-order valence-corrected chi connectivity index (χ3v) is 4.88. The highest BCUT2D eigenvalue weighted by molar-refractivity contribution is 6.02. The van der Waals surface area contributed by atoms with E-state index in [9.17, 15) is 14.3 Å². The number of hydrogen-bond donors (Lipinski definition) is 1. The number of aromatic hydroxyl groups is 1. The molecule has 4 rings (SSSR count). The lowest BCUT2D eigenvalue weighted by Gasteiger charge is -2.16. The Bertz CT molecular complexity index is 1320. The summed E-state index contributed by atoms with van der Waals surface area (Å²) < 4.78 is 15.3. The molecule has 3 aromatic carbocycles. The van der Waals surface area contributed by atoms with Crippen molar-refractivity contribution in [1.82, 2.24) is 4.57 Å². The first-order chi connectivity index (χ1) is 14.0. The minimum atomic E-state index is -0.463. The van der Waals surface area contributed by atoms with E-state index >= 15 is 0 Å². The highest BCUT2D eigenvalue weighted by atomic mass is 19.1. The van der Waals surface area contributed by atoms with Crippen molar-refractivity contribution in [2.45, 2.75) is 13.8 Å². The third kappa shape index (κ3) is 3.31. The Morgan fingerprint density at radius 1 is 0.966 bits per heavy atom.